The Balaban J connectivity index is 1.78. The molecule has 0 bridgehead atoms. The lowest BCUT2D eigenvalue weighted by Gasteiger charge is -2.17. The number of carbonyl (C=O) groups excluding carboxylic acids is 1. The molecule has 0 aliphatic rings. The SMILES string of the molecule is CC[C@@H](Oc1cccc(C)c1)C(=O)NCCOc1ccc(C)c(Cl)c1. The Labute approximate surface area is 154 Å². The van der Waals surface area contributed by atoms with Crippen LogP contribution in [0.2, 0.25) is 5.02 Å². The van der Waals surface area contributed by atoms with Gasteiger partial charge >= 0.3 is 0 Å². The van der Waals surface area contributed by atoms with E-state index in [1.165, 1.54) is 0 Å². The van der Waals surface area contributed by atoms with Gasteiger partial charge in [-0.3, -0.25) is 4.79 Å². The normalized spacial score (nSPS) is 11.7. The predicted molar refractivity (Wildman–Crippen MR) is 101 cm³/mol. The summed E-state index contributed by atoms with van der Waals surface area (Å²) in [4.78, 5) is 12.3. The molecule has 25 heavy (non-hydrogen) atoms. The van der Waals surface area contributed by atoms with Crippen LogP contribution in [-0.4, -0.2) is 25.2 Å². The van der Waals surface area contributed by atoms with Gasteiger partial charge in [-0.1, -0.05) is 36.7 Å². The van der Waals surface area contributed by atoms with Crippen LogP contribution in [-0.2, 0) is 4.79 Å². The predicted octanol–water partition coefficient (Wildman–Crippen LogP) is 4.31. The monoisotopic (exact) mass is 361 g/mol. The Morgan fingerprint density at radius 3 is 2.64 bits per heavy atom. The van der Waals surface area contributed by atoms with Crippen LogP contribution in [0.25, 0.3) is 0 Å². The van der Waals surface area contributed by atoms with Crippen molar-refractivity contribution in [1.82, 2.24) is 5.32 Å². The molecule has 0 unspecified atom stereocenters. The number of rotatable bonds is 8. The summed E-state index contributed by atoms with van der Waals surface area (Å²) < 4.78 is 11.4. The molecule has 1 atom stereocenters. The number of halogens is 1. The average molecular weight is 362 g/mol. The fraction of sp³-hybridized carbons (Fsp3) is 0.350. The van der Waals surface area contributed by atoms with Crippen LogP contribution in [0.5, 0.6) is 11.5 Å². The molecular weight excluding hydrogens is 338 g/mol. The first-order valence-corrected chi connectivity index (χ1v) is 8.77. The molecule has 0 aliphatic carbocycles. The van der Waals surface area contributed by atoms with Gasteiger partial charge in [-0.25, -0.2) is 0 Å². The maximum Gasteiger partial charge on any atom is 0.261 e. The summed E-state index contributed by atoms with van der Waals surface area (Å²) in [5, 5.41) is 3.51. The first kappa shape index (κ1) is 19.1. The van der Waals surface area contributed by atoms with Gasteiger partial charge < -0.3 is 14.8 Å². The van der Waals surface area contributed by atoms with E-state index in [4.69, 9.17) is 21.1 Å². The quantitative estimate of drug-likeness (QED) is 0.713. The molecule has 1 amide bonds. The van der Waals surface area contributed by atoms with Gasteiger partial charge in [0.25, 0.3) is 5.91 Å². The number of hydrogen-bond acceptors (Lipinski definition) is 3. The Morgan fingerprint density at radius 1 is 1.16 bits per heavy atom. The molecule has 0 spiro atoms. The Kier molecular flexibility index (Phi) is 7.14. The van der Waals surface area contributed by atoms with E-state index in [1.807, 2.05) is 57.2 Å². The van der Waals surface area contributed by atoms with Crippen LogP contribution < -0.4 is 14.8 Å². The molecule has 1 N–H and O–H groups in total. The molecule has 2 aromatic carbocycles. The van der Waals surface area contributed by atoms with Gasteiger partial charge in [0.05, 0.1) is 6.54 Å². The lowest BCUT2D eigenvalue weighted by Crippen LogP contribution is -2.39. The van der Waals surface area contributed by atoms with E-state index in [2.05, 4.69) is 5.32 Å². The number of amides is 1. The summed E-state index contributed by atoms with van der Waals surface area (Å²) in [6.07, 6.45) is 0.0735. The summed E-state index contributed by atoms with van der Waals surface area (Å²) in [5.41, 5.74) is 2.10. The number of hydrogen-bond donors (Lipinski definition) is 1. The molecule has 0 aromatic heterocycles. The van der Waals surface area contributed by atoms with Crippen LogP contribution >= 0.6 is 11.6 Å². The molecular formula is C20H24ClNO3. The van der Waals surface area contributed by atoms with Gasteiger partial charge in [0.2, 0.25) is 0 Å². The van der Waals surface area contributed by atoms with Crippen LogP contribution in [0, 0.1) is 13.8 Å². The zero-order valence-corrected chi connectivity index (χ0v) is 15.6. The number of carbonyl (C=O) groups is 1. The first-order valence-electron chi connectivity index (χ1n) is 8.39. The van der Waals surface area contributed by atoms with Crippen molar-refractivity contribution in [3.63, 3.8) is 0 Å². The van der Waals surface area contributed by atoms with Gasteiger partial charge in [0, 0.05) is 5.02 Å². The van der Waals surface area contributed by atoms with E-state index in [9.17, 15) is 4.79 Å². The third kappa shape index (κ3) is 5.98. The van der Waals surface area contributed by atoms with Gasteiger partial charge in [0.15, 0.2) is 6.10 Å². The molecule has 0 fully saturated rings. The molecule has 0 saturated carbocycles. The molecule has 5 heteroatoms. The maximum absolute atomic E-state index is 12.3. The highest BCUT2D eigenvalue weighted by Gasteiger charge is 2.17. The number of aryl methyl sites for hydroxylation is 2. The highest BCUT2D eigenvalue weighted by atomic mass is 35.5. The second kappa shape index (κ2) is 9.33. The topological polar surface area (TPSA) is 47.6 Å². The van der Waals surface area contributed by atoms with Crippen molar-refractivity contribution < 1.29 is 14.3 Å². The molecule has 0 radical (unpaired) electrons. The van der Waals surface area contributed by atoms with E-state index in [-0.39, 0.29) is 5.91 Å². The van der Waals surface area contributed by atoms with E-state index in [0.717, 1.165) is 11.1 Å². The minimum absolute atomic E-state index is 0.144. The van der Waals surface area contributed by atoms with Crippen molar-refractivity contribution in [2.45, 2.75) is 33.3 Å². The highest BCUT2D eigenvalue weighted by Crippen LogP contribution is 2.21. The lowest BCUT2D eigenvalue weighted by molar-refractivity contribution is -0.128. The van der Waals surface area contributed by atoms with Crippen LogP contribution in [0.1, 0.15) is 24.5 Å². The smallest absolute Gasteiger partial charge is 0.261 e. The van der Waals surface area contributed by atoms with Crippen LogP contribution in [0.15, 0.2) is 42.5 Å². The van der Waals surface area contributed by atoms with Crippen molar-refractivity contribution in [2.24, 2.45) is 0 Å². The second-order valence-corrected chi connectivity index (χ2v) is 6.29. The molecule has 0 aliphatic heterocycles. The van der Waals surface area contributed by atoms with Gasteiger partial charge in [-0.05, 0) is 55.7 Å². The summed E-state index contributed by atoms with van der Waals surface area (Å²) >= 11 is 6.06. The van der Waals surface area contributed by atoms with E-state index >= 15 is 0 Å². The summed E-state index contributed by atoms with van der Waals surface area (Å²) in [6.45, 7) is 6.61. The fourth-order valence-corrected chi connectivity index (χ4v) is 2.47. The van der Waals surface area contributed by atoms with E-state index in [0.29, 0.717) is 36.1 Å². The van der Waals surface area contributed by atoms with E-state index < -0.39 is 6.10 Å². The highest BCUT2D eigenvalue weighted by molar-refractivity contribution is 6.31. The molecule has 2 rings (SSSR count). The maximum atomic E-state index is 12.3. The van der Waals surface area contributed by atoms with Crippen molar-refractivity contribution in [3.05, 3.63) is 58.6 Å². The first-order chi connectivity index (χ1) is 12.0. The minimum Gasteiger partial charge on any atom is -0.492 e. The van der Waals surface area contributed by atoms with Crippen molar-refractivity contribution in [3.8, 4) is 11.5 Å². The summed E-state index contributed by atoms with van der Waals surface area (Å²) in [5.74, 6) is 1.25. The summed E-state index contributed by atoms with van der Waals surface area (Å²) in [6, 6.07) is 13.2. The largest absolute Gasteiger partial charge is 0.492 e. The van der Waals surface area contributed by atoms with Gasteiger partial charge in [-0.15, -0.1) is 0 Å². The molecule has 4 nitrogen and oxygen atoms in total. The average Bonchev–Trinajstić information content (AvgIpc) is 2.59. The van der Waals surface area contributed by atoms with Crippen molar-refractivity contribution in [1.29, 1.82) is 0 Å². The van der Waals surface area contributed by atoms with Crippen LogP contribution in [0.4, 0.5) is 0 Å². The second-order valence-electron chi connectivity index (χ2n) is 5.88. The molecule has 134 valence electrons. The number of benzene rings is 2. The Hall–Kier alpha value is -2.20. The number of nitrogens with one attached hydrogen (secondary N) is 1. The zero-order chi connectivity index (χ0) is 18.2. The van der Waals surface area contributed by atoms with Crippen LogP contribution in [0.3, 0.4) is 0 Å². The molecule has 0 saturated heterocycles. The number of ether oxygens (including phenoxy) is 2. The Bertz CT molecular complexity index is 718. The fourth-order valence-electron chi connectivity index (χ4n) is 2.30. The molecule has 0 heterocycles. The summed E-state index contributed by atoms with van der Waals surface area (Å²) in [7, 11) is 0. The Morgan fingerprint density at radius 2 is 1.96 bits per heavy atom. The van der Waals surface area contributed by atoms with E-state index in [1.54, 1.807) is 6.07 Å². The third-order valence-corrected chi connectivity index (χ3v) is 4.15. The van der Waals surface area contributed by atoms with Crippen molar-refractivity contribution >= 4 is 17.5 Å². The standard InChI is InChI=1S/C20H24ClNO3/c1-4-19(25-17-7-5-6-14(2)12-17)20(23)22-10-11-24-16-9-8-15(3)18(21)13-16/h5-9,12-13,19H,4,10-11H2,1-3H3,(H,22,23)/t19-/m1/s1. The minimum atomic E-state index is -0.518. The third-order valence-electron chi connectivity index (χ3n) is 3.74. The van der Waals surface area contributed by atoms with Gasteiger partial charge in [0.1, 0.15) is 18.1 Å². The lowest BCUT2D eigenvalue weighted by atomic mass is 10.2. The van der Waals surface area contributed by atoms with Crippen molar-refractivity contribution in [2.75, 3.05) is 13.2 Å². The molecule has 2 aromatic rings. The van der Waals surface area contributed by atoms with Gasteiger partial charge in [-0.2, -0.15) is 0 Å². The zero-order valence-electron chi connectivity index (χ0n) is 14.8.